The highest BCUT2D eigenvalue weighted by molar-refractivity contribution is 8.23. The molecule has 16 heavy (non-hydrogen) atoms. The monoisotopic (exact) mass is 270 g/mol. The molecular formula is C12H14OS3. The van der Waals surface area contributed by atoms with Gasteiger partial charge in [-0.3, -0.25) is 0 Å². The predicted octanol–water partition coefficient (Wildman–Crippen LogP) is 4.09. The SMILES string of the molecule is COc1ccc(/C(=C/C(=S)SC)SC)cc1. The van der Waals surface area contributed by atoms with Crippen LogP contribution in [-0.2, 0) is 0 Å². The molecule has 0 heterocycles. The van der Waals surface area contributed by atoms with Gasteiger partial charge in [-0.2, -0.15) is 0 Å². The van der Waals surface area contributed by atoms with Crippen molar-refractivity contribution in [3.8, 4) is 5.75 Å². The zero-order chi connectivity index (χ0) is 12.0. The standard InChI is InChI=1S/C12H14OS3/c1-13-10-6-4-9(5-7-10)11(15-2)8-12(14)16-3/h4-8H,1-3H3/b11-8-. The number of methoxy groups -OCH3 is 1. The first kappa shape index (κ1) is 13.6. The first-order valence-corrected chi connectivity index (χ1v) is 7.55. The largest absolute Gasteiger partial charge is 0.497 e. The second kappa shape index (κ2) is 6.99. The summed E-state index contributed by atoms with van der Waals surface area (Å²) in [5.74, 6) is 0.872. The second-order valence-electron chi connectivity index (χ2n) is 2.96. The van der Waals surface area contributed by atoms with E-state index in [0.29, 0.717) is 0 Å². The minimum Gasteiger partial charge on any atom is -0.497 e. The van der Waals surface area contributed by atoms with Crippen molar-refractivity contribution >= 4 is 44.8 Å². The summed E-state index contributed by atoms with van der Waals surface area (Å²) in [7, 11) is 1.67. The van der Waals surface area contributed by atoms with E-state index >= 15 is 0 Å². The summed E-state index contributed by atoms with van der Waals surface area (Å²) in [6.45, 7) is 0. The van der Waals surface area contributed by atoms with Crippen molar-refractivity contribution in [1.82, 2.24) is 0 Å². The Balaban J connectivity index is 2.95. The summed E-state index contributed by atoms with van der Waals surface area (Å²) in [6, 6.07) is 8.01. The normalized spacial score (nSPS) is 11.3. The van der Waals surface area contributed by atoms with Crippen LogP contribution in [0.25, 0.3) is 4.91 Å². The van der Waals surface area contributed by atoms with Gasteiger partial charge in [0.1, 0.15) is 5.75 Å². The number of benzene rings is 1. The van der Waals surface area contributed by atoms with Crippen LogP contribution >= 0.6 is 35.7 Å². The summed E-state index contributed by atoms with van der Waals surface area (Å²) < 4.78 is 6.03. The molecule has 0 N–H and O–H groups in total. The molecule has 1 aromatic carbocycles. The van der Waals surface area contributed by atoms with Crippen LogP contribution < -0.4 is 4.74 Å². The highest BCUT2D eigenvalue weighted by Gasteiger charge is 2.01. The zero-order valence-corrected chi connectivity index (χ0v) is 12.0. The molecule has 0 fully saturated rings. The highest BCUT2D eigenvalue weighted by atomic mass is 32.2. The van der Waals surface area contributed by atoms with Gasteiger partial charge in [0.15, 0.2) is 0 Å². The summed E-state index contributed by atoms with van der Waals surface area (Å²) in [5, 5.41) is 0. The molecule has 0 radical (unpaired) electrons. The van der Waals surface area contributed by atoms with Gasteiger partial charge in [0.05, 0.1) is 11.3 Å². The number of rotatable bonds is 4. The molecule has 0 bridgehead atoms. The molecule has 0 aliphatic carbocycles. The van der Waals surface area contributed by atoms with E-state index in [-0.39, 0.29) is 0 Å². The van der Waals surface area contributed by atoms with E-state index in [1.807, 2.05) is 36.6 Å². The third-order valence-corrected chi connectivity index (χ3v) is 3.98. The van der Waals surface area contributed by atoms with E-state index in [1.54, 1.807) is 30.6 Å². The minimum absolute atomic E-state index is 0.872. The van der Waals surface area contributed by atoms with E-state index in [1.165, 1.54) is 10.5 Å². The Morgan fingerprint density at radius 3 is 2.25 bits per heavy atom. The van der Waals surface area contributed by atoms with Crippen molar-refractivity contribution in [2.45, 2.75) is 0 Å². The summed E-state index contributed by atoms with van der Waals surface area (Å²) in [5.41, 5.74) is 1.17. The maximum Gasteiger partial charge on any atom is 0.118 e. The van der Waals surface area contributed by atoms with E-state index in [2.05, 4.69) is 6.26 Å². The van der Waals surface area contributed by atoms with Gasteiger partial charge in [0.25, 0.3) is 0 Å². The first-order valence-electron chi connectivity index (χ1n) is 4.69. The summed E-state index contributed by atoms with van der Waals surface area (Å²) in [6.07, 6.45) is 6.08. The molecule has 0 aliphatic heterocycles. The number of ether oxygens (including phenoxy) is 1. The van der Waals surface area contributed by atoms with E-state index in [0.717, 1.165) is 9.95 Å². The van der Waals surface area contributed by atoms with Crippen LogP contribution in [0.4, 0.5) is 0 Å². The Kier molecular flexibility index (Phi) is 5.95. The predicted molar refractivity (Wildman–Crippen MR) is 80.6 cm³/mol. The summed E-state index contributed by atoms with van der Waals surface area (Å²) in [4.78, 5) is 1.18. The topological polar surface area (TPSA) is 9.23 Å². The van der Waals surface area contributed by atoms with Gasteiger partial charge in [-0.1, -0.05) is 24.4 Å². The molecule has 0 amide bonds. The average Bonchev–Trinajstić information content (AvgIpc) is 2.35. The average molecular weight is 270 g/mol. The fourth-order valence-electron chi connectivity index (χ4n) is 1.18. The number of hydrogen-bond donors (Lipinski definition) is 0. The number of thiocarbonyl (C=S) groups is 1. The van der Waals surface area contributed by atoms with Crippen LogP contribution in [0.1, 0.15) is 5.56 Å². The third kappa shape index (κ3) is 3.85. The van der Waals surface area contributed by atoms with Gasteiger partial charge in [0.2, 0.25) is 0 Å². The van der Waals surface area contributed by atoms with E-state index in [9.17, 15) is 0 Å². The molecule has 0 aliphatic rings. The van der Waals surface area contributed by atoms with Crippen molar-refractivity contribution in [2.75, 3.05) is 19.6 Å². The number of thioether (sulfide) groups is 2. The van der Waals surface area contributed by atoms with E-state index in [4.69, 9.17) is 17.0 Å². The Labute approximate surface area is 111 Å². The lowest BCUT2D eigenvalue weighted by Gasteiger charge is -2.06. The Bertz CT molecular complexity index is 382. The smallest absolute Gasteiger partial charge is 0.118 e. The Morgan fingerprint density at radius 2 is 1.81 bits per heavy atom. The van der Waals surface area contributed by atoms with Gasteiger partial charge >= 0.3 is 0 Å². The quantitative estimate of drug-likeness (QED) is 0.601. The van der Waals surface area contributed by atoms with Crippen molar-refractivity contribution in [2.24, 2.45) is 0 Å². The summed E-state index contributed by atoms with van der Waals surface area (Å²) >= 11 is 8.48. The van der Waals surface area contributed by atoms with Gasteiger partial charge in [-0.05, 0) is 36.3 Å². The third-order valence-electron chi connectivity index (χ3n) is 2.04. The van der Waals surface area contributed by atoms with Gasteiger partial charge in [-0.25, -0.2) is 0 Å². The lowest BCUT2D eigenvalue weighted by molar-refractivity contribution is 0.415. The lowest BCUT2D eigenvalue weighted by atomic mass is 10.2. The highest BCUT2D eigenvalue weighted by Crippen LogP contribution is 2.27. The lowest BCUT2D eigenvalue weighted by Crippen LogP contribution is -1.86. The molecular weight excluding hydrogens is 256 g/mol. The van der Waals surface area contributed by atoms with Crippen LogP contribution in [-0.4, -0.2) is 23.8 Å². The van der Waals surface area contributed by atoms with Crippen molar-refractivity contribution in [3.05, 3.63) is 35.9 Å². The Morgan fingerprint density at radius 1 is 1.19 bits per heavy atom. The molecule has 0 saturated heterocycles. The maximum atomic E-state index is 5.19. The van der Waals surface area contributed by atoms with Gasteiger partial charge < -0.3 is 4.74 Å². The molecule has 0 aromatic heterocycles. The fourth-order valence-corrected chi connectivity index (χ4v) is 2.29. The first-order chi connectivity index (χ1) is 7.71. The minimum atomic E-state index is 0.872. The van der Waals surface area contributed by atoms with Crippen LogP contribution in [0.15, 0.2) is 30.3 Å². The van der Waals surface area contributed by atoms with Crippen LogP contribution in [0.3, 0.4) is 0 Å². The fraction of sp³-hybridized carbons (Fsp3) is 0.250. The number of hydrogen-bond acceptors (Lipinski definition) is 4. The molecule has 0 atom stereocenters. The van der Waals surface area contributed by atoms with Gasteiger partial charge in [0, 0.05) is 4.91 Å². The van der Waals surface area contributed by atoms with Crippen molar-refractivity contribution < 1.29 is 4.74 Å². The molecule has 1 rings (SSSR count). The van der Waals surface area contributed by atoms with Crippen LogP contribution in [0.2, 0.25) is 0 Å². The van der Waals surface area contributed by atoms with Gasteiger partial charge in [-0.15, -0.1) is 23.5 Å². The van der Waals surface area contributed by atoms with Crippen LogP contribution in [0, 0.1) is 0 Å². The molecule has 0 saturated carbocycles. The molecule has 1 nitrogen and oxygen atoms in total. The maximum absolute atomic E-state index is 5.19. The second-order valence-corrected chi connectivity index (χ2v) is 5.36. The van der Waals surface area contributed by atoms with Crippen LogP contribution in [0.5, 0.6) is 5.75 Å². The van der Waals surface area contributed by atoms with Crippen molar-refractivity contribution in [1.29, 1.82) is 0 Å². The molecule has 1 aromatic rings. The van der Waals surface area contributed by atoms with Crippen molar-refractivity contribution in [3.63, 3.8) is 0 Å². The molecule has 0 unspecified atom stereocenters. The Hall–Kier alpha value is -0.450. The zero-order valence-electron chi connectivity index (χ0n) is 9.52. The molecule has 86 valence electrons. The molecule has 0 spiro atoms. The molecule has 4 heteroatoms. The van der Waals surface area contributed by atoms with E-state index < -0.39 is 0 Å².